The van der Waals surface area contributed by atoms with Crippen molar-refractivity contribution >= 4 is 29.5 Å². The smallest absolute Gasteiger partial charge is 0.254 e. The largest absolute Gasteiger partial charge is 0.318 e. The van der Waals surface area contributed by atoms with Crippen LogP contribution in [-0.2, 0) is 15.3 Å². The van der Waals surface area contributed by atoms with Crippen molar-refractivity contribution in [2.45, 2.75) is 18.7 Å². The van der Waals surface area contributed by atoms with Crippen LogP contribution in [0.25, 0.3) is 0 Å². The first kappa shape index (κ1) is 14.6. The van der Waals surface area contributed by atoms with Gasteiger partial charge in [-0.3, -0.25) is 19.7 Å². The number of carbonyl (C=O) groups is 3. The van der Waals surface area contributed by atoms with Crippen LogP contribution in [-0.4, -0.2) is 41.5 Å². The lowest BCUT2D eigenvalue weighted by molar-refractivity contribution is -0.138. The molecule has 5 nitrogen and oxygen atoms in total. The average molecular weight is 292 g/mol. The molecule has 6 heteroatoms. The van der Waals surface area contributed by atoms with Crippen LogP contribution in [0.4, 0.5) is 0 Å². The molecule has 1 N–H and O–H groups in total. The number of benzene rings is 1. The van der Waals surface area contributed by atoms with E-state index in [0.717, 1.165) is 11.3 Å². The summed E-state index contributed by atoms with van der Waals surface area (Å²) in [5, 5.41) is 2.22. The van der Waals surface area contributed by atoms with Gasteiger partial charge in [0.15, 0.2) is 0 Å². The second kappa shape index (κ2) is 6.09. The predicted molar refractivity (Wildman–Crippen MR) is 77.3 cm³/mol. The number of nitrogens with zero attached hydrogens (tertiary/aromatic N) is 1. The number of hydrogen-bond donors (Lipinski definition) is 1. The number of amides is 3. The van der Waals surface area contributed by atoms with E-state index in [4.69, 9.17) is 0 Å². The highest BCUT2D eigenvalue weighted by atomic mass is 32.2. The quantitative estimate of drug-likeness (QED) is 0.845. The van der Waals surface area contributed by atoms with E-state index in [2.05, 4.69) is 5.32 Å². The summed E-state index contributed by atoms with van der Waals surface area (Å²) >= 11 is 1.71. The first-order chi connectivity index (χ1) is 9.52. The van der Waals surface area contributed by atoms with E-state index >= 15 is 0 Å². The van der Waals surface area contributed by atoms with Crippen molar-refractivity contribution in [2.24, 2.45) is 0 Å². The highest BCUT2D eigenvalue weighted by Gasteiger charge is 2.33. The van der Waals surface area contributed by atoms with Crippen molar-refractivity contribution in [1.82, 2.24) is 10.2 Å². The molecule has 1 saturated heterocycles. The van der Waals surface area contributed by atoms with Gasteiger partial charge in [-0.15, -0.1) is 0 Å². The van der Waals surface area contributed by atoms with Crippen molar-refractivity contribution in [3.63, 3.8) is 0 Å². The number of carbonyl (C=O) groups excluding carboxylic acids is 3. The van der Waals surface area contributed by atoms with E-state index in [1.54, 1.807) is 30.8 Å². The normalized spacial score (nSPS) is 18.9. The van der Waals surface area contributed by atoms with Crippen LogP contribution < -0.4 is 5.32 Å². The van der Waals surface area contributed by atoms with Gasteiger partial charge in [0.25, 0.3) is 5.91 Å². The van der Waals surface area contributed by atoms with Crippen LogP contribution in [0.3, 0.4) is 0 Å². The SMILES string of the molecule is CSCc1ccc(C(=O)N2CC(=O)NC(=O)C2C)cc1. The fourth-order valence-electron chi connectivity index (χ4n) is 2.04. The number of nitrogens with one attached hydrogen (secondary N) is 1. The third kappa shape index (κ3) is 3.01. The molecular weight excluding hydrogens is 276 g/mol. The van der Waals surface area contributed by atoms with E-state index in [-0.39, 0.29) is 12.5 Å². The predicted octanol–water partition coefficient (Wildman–Crippen LogP) is 1.04. The van der Waals surface area contributed by atoms with Gasteiger partial charge in [0, 0.05) is 11.3 Å². The summed E-state index contributed by atoms with van der Waals surface area (Å²) in [6, 6.07) is 6.61. The zero-order valence-electron chi connectivity index (χ0n) is 11.4. The van der Waals surface area contributed by atoms with Gasteiger partial charge in [0.05, 0.1) is 0 Å². The molecule has 106 valence electrons. The number of thioether (sulfide) groups is 1. The molecule has 1 aromatic carbocycles. The minimum atomic E-state index is -0.633. The monoisotopic (exact) mass is 292 g/mol. The minimum Gasteiger partial charge on any atom is -0.318 e. The Balaban J connectivity index is 2.17. The summed E-state index contributed by atoms with van der Waals surface area (Å²) in [6.07, 6.45) is 2.01. The highest BCUT2D eigenvalue weighted by molar-refractivity contribution is 7.97. The number of rotatable bonds is 3. The highest BCUT2D eigenvalue weighted by Crippen LogP contribution is 2.14. The Hall–Kier alpha value is -1.82. The summed E-state index contributed by atoms with van der Waals surface area (Å²) < 4.78 is 0. The fraction of sp³-hybridized carbons (Fsp3) is 0.357. The molecule has 1 aromatic rings. The number of piperazine rings is 1. The van der Waals surface area contributed by atoms with Crippen LogP contribution >= 0.6 is 11.8 Å². The lowest BCUT2D eigenvalue weighted by atomic mass is 10.1. The molecule has 1 aliphatic rings. The molecule has 1 fully saturated rings. The average Bonchev–Trinajstić information content (AvgIpc) is 2.43. The minimum absolute atomic E-state index is 0.0850. The fourth-order valence-corrected chi connectivity index (χ4v) is 2.56. The molecule has 0 aromatic heterocycles. The van der Waals surface area contributed by atoms with Gasteiger partial charge in [-0.2, -0.15) is 11.8 Å². The Labute approximate surface area is 121 Å². The lowest BCUT2D eigenvalue weighted by Gasteiger charge is -2.31. The molecule has 20 heavy (non-hydrogen) atoms. The lowest BCUT2D eigenvalue weighted by Crippen LogP contribution is -2.58. The zero-order chi connectivity index (χ0) is 14.7. The maximum Gasteiger partial charge on any atom is 0.254 e. The maximum atomic E-state index is 12.4. The van der Waals surface area contributed by atoms with Crippen molar-refractivity contribution in [3.8, 4) is 0 Å². The van der Waals surface area contributed by atoms with Crippen molar-refractivity contribution in [2.75, 3.05) is 12.8 Å². The first-order valence-corrected chi connectivity index (χ1v) is 7.65. The molecule has 0 radical (unpaired) electrons. The molecule has 1 aliphatic heterocycles. The third-order valence-corrected chi connectivity index (χ3v) is 3.82. The Morgan fingerprint density at radius 1 is 1.35 bits per heavy atom. The molecule has 1 unspecified atom stereocenters. The Morgan fingerprint density at radius 3 is 2.60 bits per heavy atom. The summed E-state index contributed by atoms with van der Waals surface area (Å²) in [5.41, 5.74) is 1.62. The molecule has 0 bridgehead atoms. The summed E-state index contributed by atoms with van der Waals surface area (Å²) in [4.78, 5) is 36.6. The molecule has 0 spiro atoms. The van der Waals surface area contributed by atoms with E-state index < -0.39 is 17.9 Å². The van der Waals surface area contributed by atoms with E-state index in [0.29, 0.717) is 5.56 Å². The van der Waals surface area contributed by atoms with Crippen LogP contribution in [0, 0.1) is 0 Å². The van der Waals surface area contributed by atoms with Crippen molar-refractivity contribution in [3.05, 3.63) is 35.4 Å². The van der Waals surface area contributed by atoms with Crippen LogP contribution in [0.1, 0.15) is 22.8 Å². The maximum absolute atomic E-state index is 12.4. The van der Waals surface area contributed by atoms with Gasteiger partial charge in [0.1, 0.15) is 12.6 Å². The molecule has 0 saturated carbocycles. The second-order valence-corrected chi connectivity index (χ2v) is 5.52. The van der Waals surface area contributed by atoms with Crippen molar-refractivity contribution < 1.29 is 14.4 Å². The van der Waals surface area contributed by atoms with Gasteiger partial charge in [-0.25, -0.2) is 0 Å². The Morgan fingerprint density at radius 2 is 2.00 bits per heavy atom. The standard InChI is InChI=1S/C14H16N2O3S/c1-9-13(18)15-12(17)7-16(9)14(19)11-5-3-10(4-6-11)8-20-2/h3-6,9H,7-8H2,1-2H3,(H,15,17,18). The molecule has 3 amide bonds. The van der Waals surface area contributed by atoms with E-state index in [1.807, 2.05) is 18.4 Å². The van der Waals surface area contributed by atoms with E-state index in [9.17, 15) is 14.4 Å². The Kier molecular flexibility index (Phi) is 4.44. The topological polar surface area (TPSA) is 66.5 Å². The van der Waals surface area contributed by atoms with Crippen LogP contribution in [0.15, 0.2) is 24.3 Å². The number of hydrogen-bond acceptors (Lipinski definition) is 4. The van der Waals surface area contributed by atoms with Gasteiger partial charge in [-0.05, 0) is 30.9 Å². The van der Waals surface area contributed by atoms with Gasteiger partial charge in [-0.1, -0.05) is 12.1 Å². The molecule has 0 aliphatic carbocycles. The summed E-state index contributed by atoms with van der Waals surface area (Å²) in [7, 11) is 0. The van der Waals surface area contributed by atoms with Gasteiger partial charge >= 0.3 is 0 Å². The van der Waals surface area contributed by atoms with Crippen molar-refractivity contribution in [1.29, 1.82) is 0 Å². The van der Waals surface area contributed by atoms with Crippen LogP contribution in [0.5, 0.6) is 0 Å². The summed E-state index contributed by atoms with van der Waals surface area (Å²) in [5.74, 6) is -0.291. The molecular formula is C14H16N2O3S. The van der Waals surface area contributed by atoms with Gasteiger partial charge in [0.2, 0.25) is 11.8 Å². The molecule has 1 heterocycles. The molecule has 2 rings (SSSR count). The zero-order valence-corrected chi connectivity index (χ0v) is 12.2. The molecule has 1 atom stereocenters. The summed E-state index contributed by atoms with van der Waals surface area (Å²) in [6.45, 7) is 1.53. The third-order valence-electron chi connectivity index (χ3n) is 3.20. The van der Waals surface area contributed by atoms with Gasteiger partial charge < -0.3 is 4.90 Å². The second-order valence-electron chi connectivity index (χ2n) is 4.65. The Bertz CT molecular complexity index is 542. The van der Waals surface area contributed by atoms with E-state index in [1.165, 1.54) is 4.90 Å². The first-order valence-electron chi connectivity index (χ1n) is 6.25. The number of imide groups is 1. The van der Waals surface area contributed by atoms with Crippen LogP contribution in [0.2, 0.25) is 0 Å².